The average Bonchev–Trinajstić information content (AvgIpc) is 2.49. The number of carbonyl (C=O) groups excluding carboxylic acids is 1. The second kappa shape index (κ2) is 9.48. The van der Waals surface area contributed by atoms with Gasteiger partial charge in [-0.2, -0.15) is 0 Å². The number of methoxy groups -OCH3 is 1. The predicted molar refractivity (Wildman–Crippen MR) is 81.1 cm³/mol. The van der Waals surface area contributed by atoms with Gasteiger partial charge in [-0.05, 0) is 30.7 Å². The van der Waals surface area contributed by atoms with E-state index < -0.39 is 0 Å². The number of ether oxygens (including phenoxy) is 1. The normalized spacial score (nSPS) is 9.30. The molecule has 0 aliphatic rings. The topological polar surface area (TPSA) is 26.3 Å². The molecule has 0 N–H and O–H groups in total. The Morgan fingerprint density at radius 1 is 1.25 bits per heavy atom. The summed E-state index contributed by atoms with van der Waals surface area (Å²) in [5.41, 5.74) is 1.13. The van der Waals surface area contributed by atoms with E-state index in [-0.39, 0.29) is 5.97 Å². The maximum atomic E-state index is 11.5. The lowest BCUT2D eigenvalue weighted by Gasteiger charge is -2.00. The monoisotopic (exact) mass is 266 g/mol. The zero-order valence-corrected chi connectivity index (χ0v) is 11.9. The van der Waals surface area contributed by atoms with Crippen molar-refractivity contribution < 1.29 is 9.53 Å². The summed E-state index contributed by atoms with van der Waals surface area (Å²) in [4.78, 5) is 11.5. The molecular formula is C18H18O2. The predicted octanol–water partition coefficient (Wildman–Crippen LogP) is 3.57. The third-order valence-corrected chi connectivity index (χ3v) is 2.55. The van der Waals surface area contributed by atoms with Crippen molar-refractivity contribution >= 4 is 5.97 Å². The summed E-state index contributed by atoms with van der Waals surface area (Å²) < 4.78 is 4.71. The van der Waals surface area contributed by atoms with Crippen LogP contribution in [0.5, 0.6) is 0 Å². The van der Waals surface area contributed by atoms with Crippen molar-refractivity contribution in [3.8, 4) is 23.7 Å². The molecule has 0 aliphatic heterocycles. The van der Waals surface area contributed by atoms with Crippen LogP contribution in [0.1, 0.15) is 42.1 Å². The maximum absolute atomic E-state index is 11.5. The largest absolute Gasteiger partial charge is 0.465 e. The van der Waals surface area contributed by atoms with Crippen LogP contribution in [0.15, 0.2) is 36.4 Å². The van der Waals surface area contributed by atoms with Gasteiger partial charge >= 0.3 is 5.97 Å². The molecule has 0 aromatic heterocycles. The molecule has 1 aromatic carbocycles. The van der Waals surface area contributed by atoms with Crippen molar-refractivity contribution in [2.45, 2.75) is 26.2 Å². The third-order valence-electron chi connectivity index (χ3n) is 2.55. The summed E-state index contributed by atoms with van der Waals surface area (Å²) >= 11 is 0. The molecule has 1 aromatic rings. The number of carbonyl (C=O) groups is 1. The summed E-state index contributed by atoms with van der Waals surface area (Å²) in [7, 11) is 1.36. The van der Waals surface area contributed by atoms with Gasteiger partial charge in [0.15, 0.2) is 0 Å². The van der Waals surface area contributed by atoms with Crippen LogP contribution < -0.4 is 0 Å². The number of benzene rings is 1. The van der Waals surface area contributed by atoms with Crippen LogP contribution >= 0.6 is 0 Å². The van der Waals surface area contributed by atoms with E-state index in [0.29, 0.717) is 11.1 Å². The van der Waals surface area contributed by atoms with E-state index in [1.807, 2.05) is 6.07 Å². The Kier molecular flexibility index (Phi) is 7.39. The lowest BCUT2D eigenvalue weighted by molar-refractivity contribution is 0.0600. The first kappa shape index (κ1) is 15.6. The highest BCUT2D eigenvalue weighted by Crippen LogP contribution is 2.08. The molecule has 20 heavy (non-hydrogen) atoms. The molecular weight excluding hydrogens is 248 g/mol. The molecule has 1 rings (SSSR count). The fourth-order valence-electron chi connectivity index (χ4n) is 1.48. The van der Waals surface area contributed by atoms with Crippen molar-refractivity contribution in [1.29, 1.82) is 0 Å². The highest BCUT2D eigenvalue weighted by Gasteiger charge is 2.08. The van der Waals surface area contributed by atoms with Gasteiger partial charge in [-0.3, -0.25) is 0 Å². The zero-order chi connectivity index (χ0) is 14.6. The lowest BCUT2D eigenvalue weighted by atomic mass is 10.1. The first-order valence-corrected chi connectivity index (χ1v) is 6.62. The molecule has 102 valence electrons. The smallest absolute Gasteiger partial charge is 0.339 e. The summed E-state index contributed by atoms with van der Waals surface area (Å²) in [6, 6.07) is 7.11. The minimum Gasteiger partial charge on any atom is -0.465 e. The summed E-state index contributed by atoms with van der Waals surface area (Å²) in [6.45, 7) is 2.14. The van der Waals surface area contributed by atoms with E-state index in [1.165, 1.54) is 7.11 Å². The van der Waals surface area contributed by atoms with Gasteiger partial charge in [-0.15, -0.1) is 0 Å². The first-order valence-electron chi connectivity index (χ1n) is 6.62. The Bertz CT molecular complexity index is 589. The van der Waals surface area contributed by atoms with Crippen molar-refractivity contribution in [3.63, 3.8) is 0 Å². The molecule has 0 saturated heterocycles. The van der Waals surface area contributed by atoms with Crippen LogP contribution in [-0.2, 0) is 4.74 Å². The average molecular weight is 266 g/mol. The molecule has 0 aliphatic carbocycles. The van der Waals surface area contributed by atoms with Gasteiger partial charge < -0.3 is 4.74 Å². The van der Waals surface area contributed by atoms with Gasteiger partial charge in [0.05, 0.1) is 12.7 Å². The fourth-order valence-corrected chi connectivity index (χ4v) is 1.48. The summed E-state index contributed by atoms with van der Waals surface area (Å²) in [5, 5.41) is 0. The molecule has 0 spiro atoms. The molecule has 2 heteroatoms. The fraction of sp³-hybridized carbons (Fsp3) is 0.278. The number of allylic oxidation sites excluding steroid dienone is 2. The van der Waals surface area contributed by atoms with Crippen LogP contribution in [0, 0.1) is 23.7 Å². The molecule has 0 bridgehead atoms. The Morgan fingerprint density at radius 2 is 2.00 bits per heavy atom. The zero-order valence-electron chi connectivity index (χ0n) is 11.9. The highest BCUT2D eigenvalue weighted by atomic mass is 16.5. The minimum absolute atomic E-state index is 0.377. The summed E-state index contributed by atoms with van der Waals surface area (Å²) in [5.74, 6) is 11.4. The molecule has 0 heterocycles. The van der Waals surface area contributed by atoms with E-state index in [4.69, 9.17) is 4.74 Å². The summed E-state index contributed by atoms with van der Waals surface area (Å²) in [6.07, 6.45) is 6.61. The minimum atomic E-state index is -0.377. The molecule has 0 amide bonds. The maximum Gasteiger partial charge on any atom is 0.339 e. The Labute approximate surface area is 120 Å². The van der Waals surface area contributed by atoms with Crippen molar-refractivity contribution in [2.75, 3.05) is 7.11 Å². The molecule has 0 atom stereocenters. The second-order valence-electron chi connectivity index (χ2n) is 4.06. The standard InChI is InChI=1S/C18H18O2/c1-3-4-5-6-7-8-9-10-13-16-14-11-12-15-17(16)18(19)20-2/h8-9,11-12,14-15H,3-5H2,1-2H3. The van der Waals surface area contributed by atoms with E-state index in [0.717, 1.165) is 19.3 Å². The molecule has 0 radical (unpaired) electrons. The number of unbranched alkanes of at least 4 members (excludes halogenated alkanes) is 2. The van der Waals surface area contributed by atoms with Crippen LogP contribution in [0.4, 0.5) is 0 Å². The van der Waals surface area contributed by atoms with E-state index in [1.54, 1.807) is 30.4 Å². The Balaban J connectivity index is 2.70. The van der Waals surface area contributed by atoms with Gasteiger partial charge in [0.25, 0.3) is 0 Å². The second-order valence-corrected chi connectivity index (χ2v) is 4.06. The van der Waals surface area contributed by atoms with Gasteiger partial charge in [-0.25, -0.2) is 4.79 Å². The number of rotatable bonds is 3. The van der Waals surface area contributed by atoms with Crippen LogP contribution in [0.25, 0.3) is 0 Å². The molecule has 2 nitrogen and oxygen atoms in total. The van der Waals surface area contributed by atoms with Crippen LogP contribution in [-0.4, -0.2) is 13.1 Å². The number of esters is 1. The van der Waals surface area contributed by atoms with Crippen molar-refractivity contribution in [1.82, 2.24) is 0 Å². The van der Waals surface area contributed by atoms with Gasteiger partial charge in [0.1, 0.15) is 0 Å². The Hall–Kier alpha value is -2.45. The first-order chi connectivity index (χ1) is 9.79. The quantitative estimate of drug-likeness (QED) is 0.475. The van der Waals surface area contributed by atoms with Crippen LogP contribution in [0.3, 0.4) is 0 Å². The number of hydrogen-bond donors (Lipinski definition) is 0. The highest BCUT2D eigenvalue weighted by molar-refractivity contribution is 5.92. The number of hydrogen-bond acceptors (Lipinski definition) is 2. The SMILES string of the molecule is CCCCC#CC=CC#Cc1ccccc1C(=O)OC. The van der Waals surface area contributed by atoms with E-state index >= 15 is 0 Å². The van der Waals surface area contributed by atoms with E-state index in [2.05, 4.69) is 30.6 Å². The van der Waals surface area contributed by atoms with Gasteiger partial charge in [0, 0.05) is 12.0 Å². The third kappa shape index (κ3) is 5.46. The van der Waals surface area contributed by atoms with Crippen LogP contribution in [0.2, 0.25) is 0 Å². The van der Waals surface area contributed by atoms with Gasteiger partial charge in [0.2, 0.25) is 0 Å². The van der Waals surface area contributed by atoms with E-state index in [9.17, 15) is 4.79 Å². The van der Waals surface area contributed by atoms with Gasteiger partial charge in [-0.1, -0.05) is 49.2 Å². The van der Waals surface area contributed by atoms with Crippen molar-refractivity contribution in [3.05, 3.63) is 47.5 Å². The Morgan fingerprint density at radius 3 is 2.75 bits per heavy atom. The molecule has 0 fully saturated rings. The molecule has 0 unspecified atom stereocenters. The lowest BCUT2D eigenvalue weighted by Crippen LogP contribution is -2.03. The molecule has 0 saturated carbocycles. The van der Waals surface area contributed by atoms with Crippen molar-refractivity contribution in [2.24, 2.45) is 0 Å².